The van der Waals surface area contributed by atoms with Crippen molar-refractivity contribution in [2.75, 3.05) is 13.7 Å². The lowest BCUT2D eigenvalue weighted by Crippen LogP contribution is -2.36. The molecule has 2 heterocycles. The number of β-amino-alcohol motifs (C(OH)–C–C–N with tert-alkyl or cyclic N) is 1. The van der Waals surface area contributed by atoms with Crippen LogP contribution in [0, 0.1) is 13.8 Å². The summed E-state index contributed by atoms with van der Waals surface area (Å²) in [7, 11) is 1.37. The predicted octanol–water partition coefficient (Wildman–Crippen LogP) is 1.00. The molecule has 1 aliphatic rings. The first-order chi connectivity index (χ1) is 8.51. The number of methoxy groups -OCH3 is 1. The van der Waals surface area contributed by atoms with Gasteiger partial charge in [-0.15, -0.1) is 0 Å². The Balaban J connectivity index is 2.11. The average molecular weight is 253 g/mol. The van der Waals surface area contributed by atoms with Crippen molar-refractivity contribution in [2.45, 2.75) is 39.0 Å². The van der Waals surface area contributed by atoms with Crippen LogP contribution in [-0.2, 0) is 16.1 Å². The molecule has 1 saturated heterocycles. The number of rotatable bonds is 3. The number of aliphatic hydroxyl groups excluding tert-OH is 1. The first-order valence-electron chi connectivity index (χ1n) is 6.07. The topological polar surface area (TPSA) is 62.9 Å². The third kappa shape index (κ3) is 2.57. The fraction of sp³-hybridized carbons (Fsp3) is 0.615. The number of likely N-dealkylation sites (tertiary alicyclic amines) is 1. The number of aliphatic hydroxyl groups is 1. The Morgan fingerprint density at radius 1 is 1.61 bits per heavy atom. The van der Waals surface area contributed by atoms with E-state index in [1.165, 1.54) is 7.11 Å². The molecule has 1 N–H and O–H groups in total. The molecule has 0 saturated carbocycles. The van der Waals surface area contributed by atoms with Crippen LogP contribution in [0.2, 0.25) is 0 Å². The molecule has 18 heavy (non-hydrogen) atoms. The average Bonchev–Trinajstić information content (AvgIpc) is 2.82. The van der Waals surface area contributed by atoms with Gasteiger partial charge in [0.05, 0.1) is 13.2 Å². The van der Waals surface area contributed by atoms with Crippen LogP contribution >= 0.6 is 0 Å². The number of furan rings is 1. The van der Waals surface area contributed by atoms with Crippen LogP contribution < -0.4 is 0 Å². The van der Waals surface area contributed by atoms with Gasteiger partial charge in [-0.05, 0) is 19.9 Å². The molecule has 0 aliphatic carbocycles. The minimum Gasteiger partial charge on any atom is -0.468 e. The van der Waals surface area contributed by atoms with E-state index < -0.39 is 6.10 Å². The van der Waals surface area contributed by atoms with Crippen LogP contribution in [0.1, 0.15) is 23.5 Å². The van der Waals surface area contributed by atoms with Gasteiger partial charge in [0.1, 0.15) is 17.6 Å². The highest BCUT2D eigenvalue weighted by atomic mass is 16.5. The Hall–Kier alpha value is -1.33. The summed E-state index contributed by atoms with van der Waals surface area (Å²) in [4.78, 5) is 13.6. The Bertz CT molecular complexity index is 440. The minimum absolute atomic E-state index is 0.288. The molecular weight excluding hydrogens is 234 g/mol. The number of nitrogens with zero attached hydrogens (tertiary/aromatic N) is 1. The monoisotopic (exact) mass is 253 g/mol. The molecule has 2 atom stereocenters. The van der Waals surface area contributed by atoms with Crippen molar-refractivity contribution < 1.29 is 19.1 Å². The van der Waals surface area contributed by atoms with Crippen molar-refractivity contribution in [1.82, 2.24) is 4.90 Å². The zero-order valence-electron chi connectivity index (χ0n) is 11.0. The summed E-state index contributed by atoms with van der Waals surface area (Å²) in [6, 6.07) is 1.61. The SMILES string of the molecule is COC(=O)[C@H]1C[C@@H](O)CN1Cc1cc(C)oc1C. The normalized spacial score (nSPS) is 24.4. The number of hydrogen-bond acceptors (Lipinski definition) is 5. The van der Waals surface area contributed by atoms with Crippen molar-refractivity contribution in [1.29, 1.82) is 0 Å². The second kappa shape index (κ2) is 5.12. The standard InChI is InChI=1S/C13H19NO4/c1-8-4-10(9(2)18-8)6-14-7-11(15)5-12(14)13(16)17-3/h4,11-12,15H,5-7H2,1-3H3/t11-,12-/m1/s1. The Morgan fingerprint density at radius 3 is 2.89 bits per heavy atom. The molecule has 0 amide bonds. The second-order valence-electron chi connectivity index (χ2n) is 4.80. The molecule has 2 rings (SSSR count). The number of ether oxygens (including phenoxy) is 1. The molecule has 0 spiro atoms. The second-order valence-corrected chi connectivity index (χ2v) is 4.80. The first-order valence-corrected chi connectivity index (χ1v) is 6.07. The van der Waals surface area contributed by atoms with E-state index in [2.05, 4.69) is 0 Å². The fourth-order valence-electron chi connectivity index (χ4n) is 2.49. The van der Waals surface area contributed by atoms with Gasteiger partial charge in [-0.2, -0.15) is 0 Å². The van der Waals surface area contributed by atoms with Gasteiger partial charge >= 0.3 is 5.97 Å². The highest BCUT2D eigenvalue weighted by molar-refractivity contribution is 5.76. The van der Waals surface area contributed by atoms with Gasteiger partial charge in [0, 0.05) is 25.1 Å². The zero-order valence-corrected chi connectivity index (χ0v) is 11.0. The lowest BCUT2D eigenvalue weighted by molar-refractivity contribution is -0.146. The van der Waals surface area contributed by atoms with Crippen LogP contribution in [0.15, 0.2) is 10.5 Å². The van der Waals surface area contributed by atoms with Crippen LogP contribution in [0.5, 0.6) is 0 Å². The van der Waals surface area contributed by atoms with E-state index in [4.69, 9.17) is 9.15 Å². The number of aryl methyl sites for hydroxylation is 2. The molecule has 5 heteroatoms. The molecule has 100 valence electrons. The van der Waals surface area contributed by atoms with E-state index in [0.29, 0.717) is 19.5 Å². The number of hydrogen-bond donors (Lipinski definition) is 1. The number of esters is 1. The van der Waals surface area contributed by atoms with E-state index in [1.807, 2.05) is 24.8 Å². The predicted molar refractivity (Wildman–Crippen MR) is 65.0 cm³/mol. The van der Waals surface area contributed by atoms with Crippen molar-refractivity contribution in [3.8, 4) is 0 Å². The van der Waals surface area contributed by atoms with E-state index in [9.17, 15) is 9.90 Å². The van der Waals surface area contributed by atoms with Gasteiger partial charge in [-0.25, -0.2) is 0 Å². The van der Waals surface area contributed by atoms with E-state index in [0.717, 1.165) is 17.1 Å². The first kappa shape index (κ1) is 13.1. The largest absolute Gasteiger partial charge is 0.468 e. The summed E-state index contributed by atoms with van der Waals surface area (Å²) in [5.41, 5.74) is 1.05. The van der Waals surface area contributed by atoms with Crippen molar-refractivity contribution >= 4 is 5.97 Å². The Labute approximate surface area is 106 Å². The molecule has 0 bridgehead atoms. The Morgan fingerprint density at radius 2 is 2.33 bits per heavy atom. The van der Waals surface area contributed by atoms with Crippen molar-refractivity contribution in [2.24, 2.45) is 0 Å². The summed E-state index contributed by atoms with van der Waals surface area (Å²) >= 11 is 0. The van der Waals surface area contributed by atoms with Gasteiger partial charge in [0.25, 0.3) is 0 Å². The molecule has 5 nitrogen and oxygen atoms in total. The summed E-state index contributed by atoms with van der Waals surface area (Å²) in [5.74, 6) is 1.43. The van der Waals surface area contributed by atoms with E-state index in [1.54, 1.807) is 0 Å². The van der Waals surface area contributed by atoms with Gasteiger partial charge in [-0.3, -0.25) is 9.69 Å². The van der Waals surface area contributed by atoms with Crippen LogP contribution in [0.3, 0.4) is 0 Å². The maximum absolute atomic E-state index is 11.7. The molecule has 1 aromatic rings. The lowest BCUT2D eigenvalue weighted by Gasteiger charge is -2.21. The maximum atomic E-state index is 11.7. The molecular formula is C13H19NO4. The number of carbonyl (C=O) groups is 1. The van der Waals surface area contributed by atoms with Crippen molar-refractivity contribution in [3.63, 3.8) is 0 Å². The van der Waals surface area contributed by atoms with Gasteiger partial charge in [-0.1, -0.05) is 0 Å². The van der Waals surface area contributed by atoms with Gasteiger partial charge in [0.2, 0.25) is 0 Å². The van der Waals surface area contributed by atoms with E-state index >= 15 is 0 Å². The quantitative estimate of drug-likeness (QED) is 0.814. The molecule has 1 aromatic heterocycles. The van der Waals surface area contributed by atoms with Gasteiger partial charge < -0.3 is 14.3 Å². The van der Waals surface area contributed by atoms with Crippen molar-refractivity contribution in [3.05, 3.63) is 23.2 Å². The summed E-state index contributed by atoms with van der Waals surface area (Å²) < 4.78 is 10.2. The Kier molecular flexibility index (Phi) is 3.73. The third-order valence-electron chi connectivity index (χ3n) is 3.37. The third-order valence-corrected chi connectivity index (χ3v) is 3.37. The minimum atomic E-state index is -0.470. The molecule has 1 fully saturated rings. The molecule has 0 aromatic carbocycles. The smallest absolute Gasteiger partial charge is 0.323 e. The lowest BCUT2D eigenvalue weighted by atomic mass is 10.2. The summed E-state index contributed by atoms with van der Waals surface area (Å²) in [6.07, 6.45) is -0.0369. The highest BCUT2D eigenvalue weighted by Gasteiger charge is 2.36. The summed E-state index contributed by atoms with van der Waals surface area (Å²) in [5, 5.41) is 9.69. The zero-order chi connectivity index (χ0) is 13.3. The van der Waals surface area contributed by atoms with Crippen LogP contribution in [0.4, 0.5) is 0 Å². The fourth-order valence-corrected chi connectivity index (χ4v) is 2.49. The van der Waals surface area contributed by atoms with Gasteiger partial charge in [0.15, 0.2) is 0 Å². The van der Waals surface area contributed by atoms with Crippen LogP contribution in [-0.4, -0.2) is 41.8 Å². The molecule has 0 unspecified atom stereocenters. The highest BCUT2D eigenvalue weighted by Crippen LogP contribution is 2.24. The molecule has 0 radical (unpaired) electrons. The van der Waals surface area contributed by atoms with Crippen LogP contribution in [0.25, 0.3) is 0 Å². The number of carbonyl (C=O) groups excluding carboxylic acids is 1. The summed E-state index contributed by atoms with van der Waals surface area (Å²) in [6.45, 7) is 4.89. The van der Waals surface area contributed by atoms with E-state index in [-0.39, 0.29) is 12.0 Å². The maximum Gasteiger partial charge on any atom is 0.323 e. The molecule has 1 aliphatic heterocycles.